The van der Waals surface area contributed by atoms with Crippen LogP contribution in [0.15, 0.2) is 0 Å². The number of nitrogens with one attached hydrogen (secondary N) is 1. The lowest BCUT2D eigenvalue weighted by atomic mass is 9.94. The van der Waals surface area contributed by atoms with Gasteiger partial charge in [-0.05, 0) is 25.9 Å². The van der Waals surface area contributed by atoms with E-state index in [1.54, 1.807) is 7.11 Å². The summed E-state index contributed by atoms with van der Waals surface area (Å²) in [5, 5.41) is 3.44. The fourth-order valence-corrected chi connectivity index (χ4v) is 1.96. The van der Waals surface area contributed by atoms with E-state index in [1.807, 2.05) is 0 Å². The largest absolute Gasteiger partial charge is 0.383 e. The Bertz CT molecular complexity index is 141. The third-order valence-electron chi connectivity index (χ3n) is 3.00. The van der Waals surface area contributed by atoms with Crippen molar-refractivity contribution >= 4 is 0 Å². The maximum atomic E-state index is 5.08. The highest BCUT2D eigenvalue weighted by atomic mass is 16.5. The third-order valence-corrected chi connectivity index (χ3v) is 3.00. The van der Waals surface area contributed by atoms with Gasteiger partial charge in [-0.3, -0.25) is 4.90 Å². The standard InChI is InChI=1S/C10H22N2O/c1-9-4-5-11-8-10(9)12(2)6-7-13-3/h9-11H,4-8H2,1-3H3. The van der Waals surface area contributed by atoms with Crippen molar-refractivity contribution in [2.24, 2.45) is 5.92 Å². The van der Waals surface area contributed by atoms with Gasteiger partial charge in [-0.2, -0.15) is 0 Å². The average molecular weight is 186 g/mol. The predicted octanol–water partition coefficient (Wildman–Crippen LogP) is 0.563. The summed E-state index contributed by atoms with van der Waals surface area (Å²) in [5.41, 5.74) is 0. The van der Waals surface area contributed by atoms with Gasteiger partial charge in [0.15, 0.2) is 0 Å². The van der Waals surface area contributed by atoms with Crippen molar-refractivity contribution in [3.63, 3.8) is 0 Å². The van der Waals surface area contributed by atoms with Crippen LogP contribution in [0.25, 0.3) is 0 Å². The van der Waals surface area contributed by atoms with Gasteiger partial charge in [0.25, 0.3) is 0 Å². The molecule has 1 rings (SSSR count). The molecule has 1 heterocycles. The lowest BCUT2D eigenvalue weighted by molar-refractivity contribution is 0.104. The number of methoxy groups -OCH3 is 1. The van der Waals surface area contributed by atoms with Crippen LogP contribution in [0.1, 0.15) is 13.3 Å². The van der Waals surface area contributed by atoms with Crippen LogP contribution >= 0.6 is 0 Å². The Labute approximate surface area is 81.4 Å². The molecule has 0 saturated carbocycles. The minimum absolute atomic E-state index is 0.684. The van der Waals surface area contributed by atoms with Crippen molar-refractivity contribution in [2.45, 2.75) is 19.4 Å². The molecular weight excluding hydrogens is 164 g/mol. The van der Waals surface area contributed by atoms with Gasteiger partial charge in [0.2, 0.25) is 0 Å². The van der Waals surface area contributed by atoms with Crippen molar-refractivity contribution < 1.29 is 4.74 Å². The summed E-state index contributed by atoms with van der Waals surface area (Å²) in [6.07, 6.45) is 1.29. The Morgan fingerprint density at radius 1 is 1.54 bits per heavy atom. The molecule has 0 radical (unpaired) electrons. The molecule has 1 saturated heterocycles. The minimum atomic E-state index is 0.684. The zero-order valence-corrected chi connectivity index (χ0v) is 9.05. The van der Waals surface area contributed by atoms with Crippen LogP contribution in [0, 0.1) is 5.92 Å². The molecule has 1 fully saturated rings. The molecule has 0 spiro atoms. The topological polar surface area (TPSA) is 24.5 Å². The second-order valence-electron chi connectivity index (χ2n) is 4.01. The Kier molecular flexibility index (Phi) is 4.70. The average Bonchev–Trinajstić information content (AvgIpc) is 2.15. The van der Waals surface area contributed by atoms with Crippen LogP contribution in [-0.4, -0.2) is 51.3 Å². The second-order valence-corrected chi connectivity index (χ2v) is 4.01. The maximum absolute atomic E-state index is 5.08. The van der Waals surface area contributed by atoms with E-state index < -0.39 is 0 Å². The van der Waals surface area contributed by atoms with Gasteiger partial charge in [-0.15, -0.1) is 0 Å². The molecule has 0 aromatic rings. The Morgan fingerprint density at radius 2 is 2.31 bits per heavy atom. The number of piperidine rings is 1. The molecule has 0 bridgehead atoms. The number of rotatable bonds is 4. The number of likely N-dealkylation sites (N-methyl/N-ethyl adjacent to an activating group) is 1. The lowest BCUT2D eigenvalue weighted by Gasteiger charge is -2.36. The normalized spacial score (nSPS) is 29.5. The highest BCUT2D eigenvalue weighted by molar-refractivity contribution is 4.81. The van der Waals surface area contributed by atoms with Crippen LogP contribution in [0.3, 0.4) is 0 Å². The van der Waals surface area contributed by atoms with Crippen LogP contribution < -0.4 is 5.32 Å². The molecule has 2 atom stereocenters. The first kappa shape index (κ1) is 11.0. The lowest BCUT2D eigenvalue weighted by Crippen LogP contribution is -2.49. The maximum Gasteiger partial charge on any atom is 0.0589 e. The van der Waals surface area contributed by atoms with Crippen molar-refractivity contribution in [3.8, 4) is 0 Å². The first-order valence-electron chi connectivity index (χ1n) is 5.15. The van der Waals surface area contributed by atoms with Crippen LogP contribution in [0.5, 0.6) is 0 Å². The van der Waals surface area contributed by atoms with Gasteiger partial charge >= 0.3 is 0 Å². The number of hydrogen-bond donors (Lipinski definition) is 1. The van der Waals surface area contributed by atoms with Crippen molar-refractivity contribution in [1.29, 1.82) is 0 Å². The summed E-state index contributed by atoms with van der Waals surface area (Å²) >= 11 is 0. The molecule has 0 aromatic heterocycles. The van der Waals surface area contributed by atoms with E-state index in [-0.39, 0.29) is 0 Å². The Hall–Kier alpha value is -0.120. The Balaban J connectivity index is 2.30. The second kappa shape index (κ2) is 5.58. The Morgan fingerprint density at radius 3 is 2.92 bits per heavy atom. The molecule has 3 heteroatoms. The SMILES string of the molecule is COCCN(C)C1CNCCC1C. The predicted molar refractivity (Wildman–Crippen MR) is 54.9 cm³/mol. The molecule has 13 heavy (non-hydrogen) atoms. The first-order chi connectivity index (χ1) is 6.25. The van der Waals surface area contributed by atoms with E-state index in [0.717, 1.165) is 25.6 Å². The molecule has 0 aromatic carbocycles. The highest BCUT2D eigenvalue weighted by Crippen LogP contribution is 2.15. The summed E-state index contributed by atoms with van der Waals surface area (Å²) in [6.45, 7) is 6.51. The van der Waals surface area contributed by atoms with Crippen molar-refractivity contribution in [2.75, 3.05) is 40.4 Å². The fraction of sp³-hybridized carbons (Fsp3) is 1.00. The molecule has 78 valence electrons. The quantitative estimate of drug-likeness (QED) is 0.694. The van der Waals surface area contributed by atoms with Gasteiger partial charge in [0.1, 0.15) is 0 Å². The summed E-state index contributed by atoms with van der Waals surface area (Å²) in [7, 11) is 3.95. The molecule has 0 amide bonds. The first-order valence-corrected chi connectivity index (χ1v) is 5.15. The highest BCUT2D eigenvalue weighted by Gasteiger charge is 2.23. The number of hydrogen-bond acceptors (Lipinski definition) is 3. The number of ether oxygens (including phenoxy) is 1. The van der Waals surface area contributed by atoms with E-state index in [1.165, 1.54) is 13.0 Å². The van der Waals surface area contributed by atoms with Crippen LogP contribution in [-0.2, 0) is 4.74 Å². The van der Waals surface area contributed by atoms with Gasteiger partial charge in [0, 0.05) is 26.2 Å². The zero-order valence-electron chi connectivity index (χ0n) is 9.05. The summed E-state index contributed by atoms with van der Waals surface area (Å²) in [6, 6.07) is 0.684. The van der Waals surface area contributed by atoms with Gasteiger partial charge in [0.05, 0.1) is 6.61 Å². The number of nitrogens with zero attached hydrogens (tertiary/aromatic N) is 1. The van der Waals surface area contributed by atoms with E-state index >= 15 is 0 Å². The zero-order chi connectivity index (χ0) is 9.68. The summed E-state index contributed by atoms with van der Waals surface area (Å²) in [4.78, 5) is 2.40. The minimum Gasteiger partial charge on any atom is -0.383 e. The molecule has 1 aliphatic rings. The van der Waals surface area contributed by atoms with E-state index in [4.69, 9.17) is 4.74 Å². The third kappa shape index (κ3) is 3.25. The van der Waals surface area contributed by atoms with E-state index in [2.05, 4.69) is 24.2 Å². The van der Waals surface area contributed by atoms with E-state index in [0.29, 0.717) is 6.04 Å². The van der Waals surface area contributed by atoms with E-state index in [9.17, 15) is 0 Å². The summed E-state index contributed by atoms with van der Waals surface area (Å²) < 4.78 is 5.08. The van der Waals surface area contributed by atoms with Crippen LogP contribution in [0.2, 0.25) is 0 Å². The van der Waals surface area contributed by atoms with Crippen LogP contribution in [0.4, 0.5) is 0 Å². The van der Waals surface area contributed by atoms with Gasteiger partial charge < -0.3 is 10.1 Å². The van der Waals surface area contributed by atoms with Gasteiger partial charge in [-0.1, -0.05) is 6.92 Å². The van der Waals surface area contributed by atoms with Gasteiger partial charge in [-0.25, -0.2) is 0 Å². The molecule has 2 unspecified atom stereocenters. The molecule has 1 aliphatic heterocycles. The molecule has 0 aliphatic carbocycles. The summed E-state index contributed by atoms with van der Waals surface area (Å²) in [5.74, 6) is 0.808. The smallest absolute Gasteiger partial charge is 0.0589 e. The molecule has 3 nitrogen and oxygen atoms in total. The fourth-order valence-electron chi connectivity index (χ4n) is 1.96. The van der Waals surface area contributed by atoms with Crippen molar-refractivity contribution in [1.82, 2.24) is 10.2 Å². The molecular formula is C10H22N2O. The molecule has 1 N–H and O–H groups in total. The monoisotopic (exact) mass is 186 g/mol. The van der Waals surface area contributed by atoms with Crippen molar-refractivity contribution in [3.05, 3.63) is 0 Å².